The minimum Gasteiger partial charge on any atom is -0.482 e. The van der Waals surface area contributed by atoms with E-state index in [9.17, 15) is 9.59 Å². The zero-order valence-electron chi connectivity index (χ0n) is 13.9. The number of ether oxygens (including phenoxy) is 1. The summed E-state index contributed by atoms with van der Waals surface area (Å²) in [5, 5.41) is 9.21. The second-order valence-electron chi connectivity index (χ2n) is 6.16. The topological polar surface area (TPSA) is 76.7 Å². The molecule has 0 saturated carbocycles. The molecule has 0 aliphatic heterocycles. The number of rotatable bonds is 4. The Balaban J connectivity index is 1.79. The van der Waals surface area contributed by atoms with Crippen LogP contribution in [-0.2, 0) is 11.2 Å². The number of hydrogen-bond donors (Lipinski definition) is 1. The molecule has 26 heavy (non-hydrogen) atoms. The van der Waals surface area contributed by atoms with Crippen LogP contribution in [0.15, 0.2) is 57.7 Å². The van der Waals surface area contributed by atoms with Gasteiger partial charge in [-0.25, -0.2) is 4.79 Å². The SMILES string of the molecule is O=C(O)COc1ccc2c(=O)c3c(oc2c1)/C(=C/c1ccccc1)CC3. The maximum Gasteiger partial charge on any atom is 0.341 e. The van der Waals surface area contributed by atoms with Crippen molar-refractivity contribution < 1.29 is 19.1 Å². The van der Waals surface area contributed by atoms with Gasteiger partial charge in [-0.2, -0.15) is 0 Å². The predicted molar refractivity (Wildman–Crippen MR) is 98.2 cm³/mol. The van der Waals surface area contributed by atoms with Crippen LogP contribution in [0.4, 0.5) is 0 Å². The Morgan fingerprint density at radius 1 is 1.15 bits per heavy atom. The van der Waals surface area contributed by atoms with Crippen LogP contribution in [0.5, 0.6) is 5.75 Å². The summed E-state index contributed by atoms with van der Waals surface area (Å²) < 4.78 is 11.2. The largest absolute Gasteiger partial charge is 0.482 e. The lowest BCUT2D eigenvalue weighted by Gasteiger charge is -2.07. The summed E-state index contributed by atoms with van der Waals surface area (Å²) in [6.45, 7) is -0.445. The average Bonchev–Trinajstić information content (AvgIpc) is 3.04. The van der Waals surface area contributed by atoms with E-state index in [0.717, 1.165) is 17.6 Å². The smallest absolute Gasteiger partial charge is 0.341 e. The van der Waals surface area contributed by atoms with E-state index in [0.29, 0.717) is 34.5 Å². The molecule has 0 atom stereocenters. The first-order chi connectivity index (χ1) is 12.6. The van der Waals surface area contributed by atoms with E-state index in [4.69, 9.17) is 14.3 Å². The second kappa shape index (κ2) is 6.52. The van der Waals surface area contributed by atoms with Crippen LogP contribution in [0.3, 0.4) is 0 Å². The monoisotopic (exact) mass is 348 g/mol. The molecule has 1 aliphatic carbocycles. The average molecular weight is 348 g/mol. The molecule has 0 spiro atoms. The van der Waals surface area contributed by atoms with Crippen LogP contribution in [0, 0.1) is 0 Å². The zero-order chi connectivity index (χ0) is 18.1. The minimum absolute atomic E-state index is 0.0394. The van der Waals surface area contributed by atoms with E-state index in [1.807, 2.05) is 36.4 Å². The van der Waals surface area contributed by atoms with Gasteiger partial charge >= 0.3 is 5.97 Å². The Morgan fingerprint density at radius 2 is 1.96 bits per heavy atom. The van der Waals surface area contributed by atoms with Gasteiger partial charge in [0.1, 0.15) is 17.1 Å². The third-order valence-electron chi connectivity index (χ3n) is 4.40. The molecular weight excluding hydrogens is 332 g/mol. The van der Waals surface area contributed by atoms with Crippen molar-refractivity contribution in [3.05, 3.63) is 75.6 Å². The van der Waals surface area contributed by atoms with Gasteiger partial charge in [-0.1, -0.05) is 30.3 Å². The Kier molecular flexibility index (Phi) is 4.05. The molecule has 0 radical (unpaired) electrons. The number of carboxylic acids is 1. The quantitative estimate of drug-likeness (QED) is 0.777. The first-order valence-electron chi connectivity index (χ1n) is 8.32. The van der Waals surface area contributed by atoms with Crippen molar-refractivity contribution in [2.75, 3.05) is 6.61 Å². The van der Waals surface area contributed by atoms with E-state index in [-0.39, 0.29) is 5.43 Å². The second-order valence-corrected chi connectivity index (χ2v) is 6.16. The molecule has 1 aromatic heterocycles. The maximum atomic E-state index is 12.8. The van der Waals surface area contributed by atoms with Crippen molar-refractivity contribution in [3.63, 3.8) is 0 Å². The summed E-state index contributed by atoms with van der Waals surface area (Å²) >= 11 is 0. The summed E-state index contributed by atoms with van der Waals surface area (Å²) in [6, 6.07) is 14.7. The minimum atomic E-state index is -1.06. The molecule has 3 aromatic rings. The zero-order valence-corrected chi connectivity index (χ0v) is 13.9. The highest BCUT2D eigenvalue weighted by Crippen LogP contribution is 2.34. The highest BCUT2D eigenvalue weighted by Gasteiger charge is 2.24. The van der Waals surface area contributed by atoms with E-state index in [1.54, 1.807) is 18.2 Å². The predicted octanol–water partition coefficient (Wildman–Crippen LogP) is 3.74. The van der Waals surface area contributed by atoms with Crippen LogP contribution in [-0.4, -0.2) is 17.7 Å². The number of carbonyl (C=O) groups is 1. The fourth-order valence-electron chi connectivity index (χ4n) is 3.19. The van der Waals surface area contributed by atoms with Crippen LogP contribution in [0.2, 0.25) is 0 Å². The summed E-state index contributed by atoms with van der Waals surface area (Å²) in [6.07, 6.45) is 3.44. The molecular formula is C21H16O5. The number of hydrogen-bond acceptors (Lipinski definition) is 4. The van der Waals surface area contributed by atoms with Gasteiger partial charge in [0, 0.05) is 11.6 Å². The molecule has 4 rings (SSSR count). The van der Waals surface area contributed by atoms with Gasteiger partial charge in [0.25, 0.3) is 0 Å². The van der Waals surface area contributed by atoms with Crippen molar-refractivity contribution in [3.8, 4) is 5.75 Å². The normalized spacial score (nSPS) is 14.5. The third-order valence-corrected chi connectivity index (χ3v) is 4.40. The van der Waals surface area contributed by atoms with E-state index < -0.39 is 12.6 Å². The van der Waals surface area contributed by atoms with E-state index >= 15 is 0 Å². The number of fused-ring (bicyclic) bond motifs is 2. The third kappa shape index (κ3) is 2.99. The van der Waals surface area contributed by atoms with Gasteiger partial charge < -0.3 is 14.3 Å². The van der Waals surface area contributed by atoms with Crippen molar-refractivity contribution in [1.29, 1.82) is 0 Å². The van der Waals surface area contributed by atoms with E-state index in [1.165, 1.54) is 0 Å². The molecule has 0 fully saturated rings. The molecule has 5 nitrogen and oxygen atoms in total. The van der Waals surface area contributed by atoms with Crippen LogP contribution < -0.4 is 10.2 Å². The van der Waals surface area contributed by atoms with Crippen LogP contribution >= 0.6 is 0 Å². The van der Waals surface area contributed by atoms with Gasteiger partial charge in [0.05, 0.1) is 5.39 Å². The fraction of sp³-hybridized carbons (Fsp3) is 0.143. The first kappa shape index (κ1) is 16.1. The van der Waals surface area contributed by atoms with Crippen molar-refractivity contribution in [1.82, 2.24) is 0 Å². The van der Waals surface area contributed by atoms with Gasteiger partial charge in [-0.3, -0.25) is 4.79 Å². The summed E-state index contributed by atoms with van der Waals surface area (Å²) in [4.78, 5) is 23.4. The van der Waals surface area contributed by atoms with Gasteiger partial charge in [-0.05, 0) is 42.2 Å². The number of allylic oxidation sites excluding steroid dienone is 1. The summed E-state index contributed by atoms with van der Waals surface area (Å²) in [5.41, 5.74) is 3.09. The number of benzene rings is 2. The molecule has 2 aromatic carbocycles. The highest BCUT2D eigenvalue weighted by molar-refractivity contribution is 5.87. The molecule has 1 heterocycles. The Bertz CT molecular complexity index is 1080. The number of carboxylic acid groups (broad SMARTS) is 1. The Hall–Kier alpha value is -3.34. The van der Waals surface area contributed by atoms with Crippen molar-refractivity contribution in [2.45, 2.75) is 12.8 Å². The van der Waals surface area contributed by atoms with Crippen LogP contribution in [0.1, 0.15) is 23.3 Å². The standard InChI is InChI=1S/C21H16O5/c22-19(23)12-25-15-7-9-16-18(11-15)26-21-14(6-8-17(21)20(16)24)10-13-4-2-1-3-5-13/h1-5,7,9-11H,6,8,12H2,(H,22,23)/b14-10+. The Morgan fingerprint density at radius 3 is 2.73 bits per heavy atom. The molecule has 0 saturated heterocycles. The molecule has 1 N–H and O–H groups in total. The van der Waals surface area contributed by atoms with Crippen LogP contribution in [0.25, 0.3) is 22.6 Å². The first-order valence-corrected chi connectivity index (χ1v) is 8.32. The molecule has 0 unspecified atom stereocenters. The number of aliphatic carboxylic acids is 1. The lowest BCUT2D eigenvalue weighted by atomic mass is 10.1. The summed E-state index contributed by atoms with van der Waals surface area (Å²) in [5.74, 6) is -0.0927. The Labute approximate surface area is 149 Å². The van der Waals surface area contributed by atoms with Gasteiger partial charge in [0.15, 0.2) is 12.0 Å². The van der Waals surface area contributed by atoms with Crippen molar-refractivity contribution in [2.24, 2.45) is 0 Å². The lowest BCUT2D eigenvalue weighted by molar-refractivity contribution is -0.139. The molecule has 1 aliphatic rings. The van der Waals surface area contributed by atoms with E-state index in [2.05, 4.69) is 0 Å². The molecule has 0 bridgehead atoms. The lowest BCUT2D eigenvalue weighted by Crippen LogP contribution is -2.10. The maximum absolute atomic E-state index is 12.8. The highest BCUT2D eigenvalue weighted by atomic mass is 16.5. The fourth-order valence-corrected chi connectivity index (χ4v) is 3.19. The molecule has 0 amide bonds. The van der Waals surface area contributed by atoms with Crippen molar-refractivity contribution >= 4 is 28.6 Å². The molecule has 5 heteroatoms. The molecule has 130 valence electrons. The van der Waals surface area contributed by atoms with Gasteiger partial charge in [0.2, 0.25) is 0 Å². The van der Waals surface area contributed by atoms with Gasteiger partial charge in [-0.15, -0.1) is 0 Å². The summed E-state index contributed by atoms with van der Waals surface area (Å²) in [7, 11) is 0.